The van der Waals surface area contributed by atoms with Gasteiger partial charge < -0.3 is 25.3 Å². The summed E-state index contributed by atoms with van der Waals surface area (Å²) in [6, 6.07) is 7.42. The van der Waals surface area contributed by atoms with Crippen molar-refractivity contribution in [2.75, 3.05) is 70.5 Å². The summed E-state index contributed by atoms with van der Waals surface area (Å²) in [6.07, 6.45) is 1.56. The van der Waals surface area contributed by atoms with Gasteiger partial charge in [0, 0.05) is 65.5 Å². The third-order valence-electron chi connectivity index (χ3n) is 7.96. The van der Waals surface area contributed by atoms with Crippen molar-refractivity contribution in [1.29, 1.82) is 0 Å². The zero-order valence-electron chi connectivity index (χ0n) is 24.8. The van der Waals surface area contributed by atoms with E-state index >= 15 is 0 Å². The number of nitrogens with zero attached hydrogens (tertiary/aromatic N) is 8. The lowest BCUT2D eigenvalue weighted by Crippen LogP contribution is -2.48. The molecular formula is C29H34F2N10O3. The maximum Gasteiger partial charge on any atom is 0.330 e. The number of aromatic nitrogens is 5. The highest BCUT2D eigenvalue weighted by Gasteiger charge is 2.25. The number of benzene rings is 1. The smallest absolute Gasteiger partial charge is 0.330 e. The van der Waals surface area contributed by atoms with Gasteiger partial charge >= 0.3 is 5.69 Å². The fourth-order valence-corrected chi connectivity index (χ4v) is 5.57. The zero-order valence-corrected chi connectivity index (χ0v) is 24.8. The summed E-state index contributed by atoms with van der Waals surface area (Å²) < 4.78 is 39.4. The third kappa shape index (κ3) is 5.39. The highest BCUT2D eigenvalue weighted by atomic mass is 19.1. The van der Waals surface area contributed by atoms with Gasteiger partial charge in [-0.2, -0.15) is 14.6 Å². The molecule has 1 amide bonds. The van der Waals surface area contributed by atoms with Crippen LogP contribution in [0.15, 0.2) is 45.8 Å². The number of halogens is 2. The number of piperazine rings is 1. The molecular weight excluding hydrogens is 574 g/mol. The summed E-state index contributed by atoms with van der Waals surface area (Å²) in [5.74, 6) is -1.47. The molecule has 1 fully saturated rings. The zero-order chi connectivity index (χ0) is 31.1. The van der Waals surface area contributed by atoms with Gasteiger partial charge in [-0.3, -0.25) is 18.8 Å². The molecule has 1 saturated heterocycles. The number of nitrogens with two attached hydrogens (primary N) is 1. The molecule has 232 valence electrons. The van der Waals surface area contributed by atoms with E-state index in [0.717, 1.165) is 6.07 Å². The van der Waals surface area contributed by atoms with Crippen LogP contribution in [0.25, 0.3) is 28.1 Å². The fourth-order valence-electron chi connectivity index (χ4n) is 5.57. The first-order valence-electron chi connectivity index (χ1n) is 14.3. The Labute approximate surface area is 251 Å². The minimum Gasteiger partial charge on any atom is -0.463 e. The van der Waals surface area contributed by atoms with E-state index < -0.39 is 17.5 Å². The monoisotopic (exact) mass is 608 g/mol. The van der Waals surface area contributed by atoms with E-state index in [-0.39, 0.29) is 22.9 Å². The molecule has 6 rings (SSSR count). The number of imidazole rings is 1. The topological polar surface area (TPSA) is 135 Å². The Kier molecular flexibility index (Phi) is 7.82. The normalized spacial score (nSPS) is 14.4. The molecule has 0 radical (unpaired) electrons. The van der Waals surface area contributed by atoms with Gasteiger partial charge in [-0.25, -0.2) is 13.6 Å². The third-order valence-corrected chi connectivity index (χ3v) is 7.96. The second-order valence-corrected chi connectivity index (χ2v) is 11.1. The predicted octanol–water partition coefficient (Wildman–Crippen LogP) is 1.62. The summed E-state index contributed by atoms with van der Waals surface area (Å²) in [7, 11) is 5.42. The summed E-state index contributed by atoms with van der Waals surface area (Å²) >= 11 is 0. The molecule has 0 atom stereocenters. The van der Waals surface area contributed by atoms with Crippen molar-refractivity contribution in [3.05, 3.63) is 64.3 Å². The van der Waals surface area contributed by atoms with Crippen LogP contribution < -0.4 is 21.6 Å². The van der Waals surface area contributed by atoms with Crippen LogP contribution in [-0.2, 0) is 13.6 Å². The molecule has 1 aliphatic rings. The van der Waals surface area contributed by atoms with Crippen molar-refractivity contribution >= 4 is 34.2 Å². The van der Waals surface area contributed by atoms with Crippen molar-refractivity contribution in [1.82, 2.24) is 38.8 Å². The Morgan fingerprint density at radius 1 is 1.11 bits per heavy atom. The highest BCUT2D eigenvalue weighted by Crippen LogP contribution is 2.27. The van der Waals surface area contributed by atoms with Crippen LogP contribution in [0, 0.1) is 11.6 Å². The molecule has 1 aliphatic heterocycles. The Balaban J connectivity index is 1.15. The van der Waals surface area contributed by atoms with Gasteiger partial charge in [0.1, 0.15) is 22.8 Å². The molecule has 15 heteroatoms. The van der Waals surface area contributed by atoms with Crippen molar-refractivity contribution < 1.29 is 18.0 Å². The number of hydrogen-bond acceptors (Lipinski definition) is 9. The Morgan fingerprint density at radius 3 is 2.59 bits per heavy atom. The number of aryl methyl sites for hydroxylation is 1. The molecule has 13 nitrogen and oxygen atoms in total. The average Bonchev–Trinajstić information content (AvgIpc) is 3.72. The molecule has 0 bridgehead atoms. The molecule has 5 heterocycles. The van der Waals surface area contributed by atoms with Crippen LogP contribution in [0.3, 0.4) is 0 Å². The lowest BCUT2D eigenvalue weighted by atomic mass is 10.1. The van der Waals surface area contributed by atoms with Crippen LogP contribution in [0.2, 0.25) is 0 Å². The van der Waals surface area contributed by atoms with E-state index in [4.69, 9.17) is 10.2 Å². The minimum absolute atomic E-state index is 0.144. The predicted molar refractivity (Wildman–Crippen MR) is 162 cm³/mol. The van der Waals surface area contributed by atoms with Crippen LogP contribution in [0.1, 0.15) is 10.4 Å². The van der Waals surface area contributed by atoms with E-state index in [1.807, 2.05) is 25.1 Å². The van der Waals surface area contributed by atoms with Gasteiger partial charge in [0.15, 0.2) is 11.4 Å². The summed E-state index contributed by atoms with van der Waals surface area (Å²) in [5, 5.41) is 7.19. The maximum atomic E-state index is 14.8. The van der Waals surface area contributed by atoms with Gasteiger partial charge in [-0.15, -0.1) is 0 Å². The Bertz CT molecular complexity index is 1890. The van der Waals surface area contributed by atoms with Gasteiger partial charge in [0.2, 0.25) is 5.95 Å². The van der Waals surface area contributed by atoms with E-state index in [1.165, 1.54) is 15.1 Å². The standard InChI is InChI=1S/C29H34F2N10O3/c1-36(2)7-6-33-27(42)18-15-22(20(31)16-19(18)30)39-11-8-38(9-12-39)10-13-40-26-25(37(3)29(40)43)23-17-21(24-5-4-14-44-24)35-41(23)28(32)34-26/h4-5,14-17H,6-13H2,1-3H3,(H2,32,34)(H,33,42). The van der Waals surface area contributed by atoms with Gasteiger partial charge in [-0.05, 0) is 38.4 Å². The summed E-state index contributed by atoms with van der Waals surface area (Å²) in [4.78, 5) is 36.2. The number of likely N-dealkylation sites (N-methyl/N-ethyl adjacent to an activating group) is 1. The fraction of sp³-hybridized carbons (Fsp3) is 0.379. The lowest BCUT2D eigenvalue weighted by molar-refractivity contribution is 0.0947. The number of rotatable bonds is 9. The quantitative estimate of drug-likeness (QED) is 0.256. The molecule has 0 saturated carbocycles. The number of hydrogen-bond donors (Lipinski definition) is 2. The Hall–Kier alpha value is -4.76. The average molecular weight is 609 g/mol. The van der Waals surface area contributed by atoms with Crippen LogP contribution in [-0.4, -0.2) is 99.3 Å². The van der Waals surface area contributed by atoms with Gasteiger partial charge in [-0.1, -0.05) is 0 Å². The van der Waals surface area contributed by atoms with E-state index in [1.54, 1.807) is 34.9 Å². The van der Waals surface area contributed by atoms with Gasteiger partial charge in [0.05, 0.1) is 23.0 Å². The first-order chi connectivity index (χ1) is 21.1. The molecule has 3 N–H and O–H groups in total. The maximum absolute atomic E-state index is 14.8. The first-order valence-corrected chi connectivity index (χ1v) is 14.3. The summed E-state index contributed by atoms with van der Waals surface area (Å²) in [5.41, 5.74) is 8.29. The van der Waals surface area contributed by atoms with Crippen LogP contribution in [0.5, 0.6) is 0 Å². The number of nitrogens with one attached hydrogen (secondary N) is 1. The number of fused-ring (bicyclic) bond motifs is 3. The van der Waals surface area contributed by atoms with Crippen molar-refractivity contribution in [2.24, 2.45) is 7.05 Å². The Morgan fingerprint density at radius 2 is 1.89 bits per heavy atom. The lowest BCUT2D eigenvalue weighted by Gasteiger charge is -2.36. The second-order valence-electron chi connectivity index (χ2n) is 11.1. The molecule has 0 aliphatic carbocycles. The van der Waals surface area contributed by atoms with Crippen molar-refractivity contribution in [2.45, 2.75) is 6.54 Å². The van der Waals surface area contributed by atoms with Crippen molar-refractivity contribution in [3.8, 4) is 11.5 Å². The molecule has 5 aromatic rings. The first kappa shape index (κ1) is 29.3. The van der Waals surface area contributed by atoms with Crippen LogP contribution >= 0.6 is 0 Å². The number of anilines is 2. The highest BCUT2D eigenvalue weighted by molar-refractivity contribution is 5.95. The number of nitrogen functional groups attached to an aromatic ring is 1. The SMILES string of the molecule is CN(C)CCNC(=O)c1cc(N2CCN(CCn3c(=O)n(C)c4c3nc(N)n3nc(-c5ccco5)cc43)CC2)c(F)cc1F. The molecule has 44 heavy (non-hydrogen) atoms. The molecule has 0 spiro atoms. The van der Waals surface area contributed by atoms with E-state index in [9.17, 15) is 18.4 Å². The summed E-state index contributed by atoms with van der Waals surface area (Å²) in [6.45, 7) is 3.93. The number of carbonyl (C=O) groups excluding carboxylic acids is 1. The largest absolute Gasteiger partial charge is 0.463 e. The van der Waals surface area contributed by atoms with E-state index in [2.05, 4.69) is 20.3 Å². The number of carbonyl (C=O) groups is 1. The van der Waals surface area contributed by atoms with Crippen molar-refractivity contribution in [3.63, 3.8) is 0 Å². The minimum atomic E-state index is -0.896. The second kappa shape index (κ2) is 11.7. The number of furan rings is 1. The van der Waals surface area contributed by atoms with E-state index in [0.29, 0.717) is 80.5 Å². The van der Waals surface area contributed by atoms with Gasteiger partial charge in [0.25, 0.3) is 5.91 Å². The number of amides is 1. The molecule has 0 unspecified atom stereocenters. The molecule has 4 aromatic heterocycles. The molecule has 1 aromatic carbocycles. The van der Waals surface area contributed by atoms with Crippen LogP contribution in [0.4, 0.5) is 20.4 Å².